The lowest BCUT2D eigenvalue weighted by Crippen LogP contribution is -1.95. The second-order valence-corrected chi connectivity index (χ2v) is 6.74. The maximum atomic E-state index is 4.43. The number of anilines is 1. The van der Waals surface area contributed by atoms with Gasteiger partial charge in [-0.25, -0.2) is 0 Å². The van der Waals surface area contributed by atoms with Crippen LogP contribution in [0.1, 0.15) is 61.8 Å². The molecule has 0 radical (unpaired) electrons. The molecule has 0 saturated heterocycles. The topological polar surface area (TPSA) is 12.0 Å². The van der Waals surface area contributed by atoms with Crippen LogP contribution in [0, 0.1) is 0 Å². The Morgan fingerprint density at radius 3 is 2.43 bits per heavy atom. The van der Waals surface area contributed by atoms with Crippen LogP contribution in [0.3, 0.4) is 0 Å². The zero-order valence-corrected chi connectivity index (χ0v) is 17.8. The quantitative estimate of drug-likeness (QED) is 0.487. The van der Waals surface area contributed by atoms with Crippen LogP contribution < -0.4 is 5.32 Å². The number of nitrogens with one attached hydrogen (secondary N) is 1. The van der Waals surface area contributed by atoms with Crippen LogP contribution in [0.25, 0.3) is 17.2 Å². The van der Waals surface area contributed by atoms with Gasteiger partial charge in [-0.15, -0.1) is 0 Å². The van der Waals surface area contributed by atoms with E-state index >= 15 is 0 Å². The second kappa shape index (κ2) is 10.5. The lowest BCUT2D eigenvalue weighted by Gasteiger charge is -2.15. The first-order valence-electron chi connectivity index (χ1n) is 10.2. The van der Waals surface area contributed by atoms with E-state index in [1.54, 1.807) is 0 Å². The van der Waals surface area contributed by atoms with E-state index in [-0.39, 0.29) is 0 Å². The molecule has 0 atom stereocenters. The Bertz CT molecular complexity index is 879. The molecule has 1 aliphatic carbocycles. The lowest BCUT2D eigenvalue weighted by atomic mass is 9.90. The first-order chi connectivity index (χ1) is 13.7. The van der Waals surface area contributed by atoms with Crippen LogP contribution in [0.4, 0.5) is 5.69 Å². The Morgan fingerprint density at radius 1 is 1.07 bits per heavy atom. The molecule has 3 rings (SSSR count). The zero-order valence-electron chi connectivity index (χ0n) is 17.8. The van der Waals surface area contributed by atoms with Gasteiger partial charge in [0, 0.05) is 12.7 Å². The minimum atomic E-state index is 0.744. The van der Waals surface area contributed by atoms with Crippen LogP contribution in [0.15, 0.2) is 73.9 Å². The molecule has 1 N–H and O–H groups in total. The highest BCUT2D eigenvalue weighted by Gasteiger charge is 2.23. The summed E-state index contributed by atoms with van der Waals surface area (Å²) in [6, 6.07) is 15.3. The van der Waals surface area contributed by atoms with Gasteiger partial charge >= 0.3 is 0 Å². The largest absolute Gasteiger partial charge is 0.388 e. The van der Waals surface area contributed by atoms with E-state index in [0.717, 1.165) is 33.9 Å². The number of hydrogen-bond donors (Lipinski definition) is 1. The van der Waals surface area contributed by atoms with Crippen LogP contribution in [-0.2, 0) is 0 Å². The molecule has 0 bridgehead atoms. The summed E-state index contributed by atoms with van der Waals surface area (Å²) >= 11 is 0. The highest BCUT2D eigenvalue weighted by molar-refractivity contribution is 6.05. The van der Waals surface area contributed by atoms with Crippen molar-refractivity contribution in [2.45, 2.75) is 39.5 Å². The van der Waals surface area contributed by atoms with Gasteiger partial charge < -0.3 is 5.32 Å². The smallest absolute Gasteiger partial charge is 0.0411 e. The maximum absolute atomic E-state index is 4.43. The summed E-state index contributed by atoms with van der Waals surface area (Å²) < 4.78 is 0. The molecule has 2 aromatic carbocycles. The highest BCUT2D eigenvalue weighted by atomic mass is 14.8. The van der Waals surface area contributed by atoms with Gasteiger partial charge in [0.25, 0.3) is 0 Å². The fourth-order valence-electron chi connectivity index (χ4n) is 3.24. The number of allylic oxidation sites excluding steroid dienone is 5. The van der Waals surface area contributed by atoms with Crippen LogP contribution in [-0.4, -0.2) is 7.05 Å². The zero-order chi connectivity index (χ0) is 20.5. The molecule has 146 valence electrons. The van der Waals surface area contributed by atoms with E-state index < -0.39 is 0 Å². The molecule has 1 aliphatic rings. The third-order valence-electron chi connectivity index (χ3n) is 4.92. The molecule has 1 nitrogen and oxygen atoms in total. The van der Waals surface area contributed by atoms with Crippen LogP contribution in [0.5, 0.6) is 0 Å². The Labute approximate surface area is 171 Å². The van der Waals surface area contributed by atoms with Crippen molar-refractivity contribution in [2.75, 3.05) is 12.4 Å². The van der Waals surface area contributed by atoms with Crippen LogP contribution in [0.2, 0.25) is 0 Å². The van der Waals surface area contributed by atoms with Gasteiger partial charge in [-0.1, -0.05) is 81.6 Å². The van der Waals surface area contributed by atoms with Crippen molar-refractivity contribution in [3.05, 3.63) is 96.1 Å². The second-order valence-electron chi connectivity index (χ2n) is 6.74. The van der Waals surface area contributed by atoms with Gasteiger partial charge in [0.15, 0.2) is 0 Å². The lowest BCUT2D eigenvalue weighted by molar-refractivity contribution is 1.13. The van der Waals surface area contributed by atoms with E-state index in [4.69, 9.17) is 0 Å². The predicted molar refractivity (Wildman–Crippen MR) is 128 cm³/mol. The van der Waals surface area contributed by atoms with Gasteiger partial charge in [-0.05, 0) is 71.2 Å². The first kappa shape index (κ1) is 21.5. The molecule has 1 saturated carbocycles. The molecule has 0 unspecified atom stereocenters. The summed E-state index contributed by atoms with van der Waals surface area (Å²) in [5, 5.41) is 3.22. The van der Waals surface area contributed by atoms with Crippen molar-refractivity contribution >= 4 is 22.9 Å². The van der Waals surface area contributed by atoms with E-state index in [1.807, 2.05) is 40.0 Å². The fourth-order valence-corrected chi connectivity index (χ4v) is 3.24. The van der Waals surface area contributed by atoms with Crippen molar-refractivity contribution < 1.29 is 0 Å². The van der Waals surface area contributed by atoms with Crippen molar-refractivity contribution in [3.8, 4) is 0 Å². The van der Waals surface area contributed by atoms with Gasteiger partial charge in [0.1, 0.15) is 0 Å². The first-order valence-corrected chi connectivity index (χ1v) is 10.2. The molecular formula is C27H33N. The average molecular weight is 372 g/mol. The van der Waals surface area contributed by atoms with E-state index in [1.165, 1.54) is 24.0 Å². The standard InChI is InChI=1S/C25H27N.C2H6/c1-5-7-11-24(23-14-15-25(26-4)19(6-2)16-23)18(3)21-9-8-10-22(17-21)20-12-13-20;1-2/h5-11,14-17,20,26H,2-3,12-13H2,1,4H3;1-2H3/b7-5-,24-11+;. The molecule has 2 aromatic rings. The highest BCUT2D eigenvalue weighted by Crippen LogP contribution is 2.41. The molecule has 28 heavy (non-hydrogen) atoms. The van der Waals surface area contributed by atoms with Crippen molar-refractivity contribution in [3.63, 3.8) is 0 Å². The number of hydrogen-bond acceptors (Lipinski definition) is 1. The molecular weight excluding hydrogens is 338 g/mol. The molecule has 0 amide bonds. The van der Waals surface area contributed by atoms with E-state index in [2.05, 4.69) is 73.1 Å². The fraction of sp³-hybridized carbons (Fsp3) is 0.259. The summed E-state index contributed by atoms with van der Waals surface area (Å²) in [5.41, 5.74) is 8.15. The van der Waals surface area contributed by atoms with Gasteiger partial charge in [0.2, 0.25) is 0 Å². The summed E-state index contributed by atoms with van der Waals surface area (Å²) in [7, 11) is 1.93. The minimum Gasteiger partial charge on any atom is -0.388 e. The molecule has 0 heterocycles. The Balaban J connectivity index is 0.00000136. The summed E-state index contributed by atoms with van der Waals surface area (Å²) in [6.07, 6.45) is 10.8. The van der Waals surface area contributed by atoms with Gasteiger partial charge in [-0.3, -0.25) is 0 Å². The molecule has 1 heteroatoms. The third-order valence-corrected chi connectivity index (χ3v) is 4.92. The SMILES string of the molecule is C=Cc1cc(/C(=C/C=C\C)C(=C)c2cccc(C3CC3)c2)ccc1NC.CC. The molecule has 1 fully saturated rings. The monoisotopic (exact) mass is 371 g/mol. The number of rotatable bonds is 7. The summed E-state index contributed by atoms with van der Waals surface area (Å²) in [6.45, 7) is 14.4. The molecule has 0 aliphatic heterocycles. The van der Waals surface area contributed by atoms with Crippen molar-refractivity contribution in [1.29, 1.82) is 0 Å². The van der Waals surface area contributed by atoms with E-state index in [0.29, 0.717) is 0 Å². The average Bonchev–Trinajstić information content (AvgIpc) is 3.60. The Kier molecular flexibility index (Phi) is 8.07. The predicted octanol–water partition coefficient (Wildman–Crippen LogP) is 7.95. The Hall–Kier alpha value is -2.80. The van der Waals surface area contributed by atoms with Crippen molar-refractivity contribution in [2.24, 2.45) is 0 Å². The normalized spacial score (nSPS) is 13.6. The van der Waals surface area contributed by atoms with Gasteiger partial charge in [-0.2, -0.15) is 0 Å². The summed E-state index contributed by atoms with van der Waals surface area (Å²) in [4.78, 5) is 0. The maximum Gasteiger partial charge on any atom is 0.0411 e. The Morgan fingerprint density at radius 2 is 1.82 bits per heavy atom. The number of benzene rings is 2. The summed E-state index contributed by atoms with van der Waals surface area (Å²) in [5.74, 6) is 0.744. The van der Waals surface area contributed by atoms with Crippen LogP contribution >= 0.6 is 0 Å². The molecule has 0 aromatic heterocycles. The minimum absolute atomic E-state index is 0.744. The molecule has 0 spiro atoms. The van der Waals surface area contributed by atoms with Gasteiger partial charge in [0.05, 0.1) is 0 Å². The third kappa shape index (κ3) is 5.13. The van der Waals surface area contributed by atoms with Crippen molar-refractivity contribution in [1.82, 2.24) is 0 Å². The van der Waals surface area contributed by atoms with E-state index in [9.17, 15) is 0 Å².